The van der Waals surface area contributed by atoms with Gasteiger partial charge in [0.1, 0.15) is 0 Å². The molecule has 0 unspecified atom stereocenters. The fourth-order valence-electron chi connectivity index (χ4n) is 2.01. The fraction of sp³-hybridized carbons (Fsp3) is 0.667. The van der Waals surface area contributed by atoms with Crippen LogP contribution in [0.3, 0.4) is 0 Å². The van der Waals surface area contributed by atoms with Gasteiger partial charge in [0.25, 0.3) is 0 Å². The van der Waals surface area contributed by atoms with Crippen molar-refractivity contribution in [3.63, 3.8) is 0 Å². The van der Waals surface area contributed by atoms with Crippen molar-refractivity contribution in [2.24, 2.45) is 5.41 Å². The van der Waals surface area contributed by atoms with E-state index in [1.807, 2.05) is 0 Å². The molecule has 1 rings (SSSR count). The summed E-state index contributed by atoms with van der Waals surface area (Å²) in [6.45, 7) is 11.6. The zero-order valence-corrected chi connectivity index (χ0v) is 15.3. The smallest absolute Gasteiger partial charge is 1.00 e. The van der Waals surface area contributed by atoms with Crippen molar-refractivity contribution in [3.05, 3.63) is 20.0 Å². The van der Waals surface area contributed by atoms with Crippen LogP contribution in [0.1, 0.15) is 47.5 Å². The van der Waals surface area contributed by atoms with Gasteiger partial charge in [0.05, 0.1) is 0 Å². The Kier molecular flexibility index (Phi) is 11.7. The molecule has 0 N–H and O–H groups in total. The number of halogens is 3. The molecule has 0 nitrogen and oxygen atoms in total. The Balaban J connectivity index is -0.000000563. The van der Waals surface area contributed by atoms with E-state index >= 15 is 0 Å². The molecule has 0 saturated carbocycles. The fourth-order valence-corrected chi connectivity index (χ4v) is 3.24. The summed E-state index contributed by atoms with van der Waals surface area (Å²) in [5.41, 5.74) is 5.16. The number of hydrogen-bond acceptors (Lipinski definition) is 0. The molecule has 0 aromatic rings. The minimum Gasteiger partial charge on any atom is -1.00 e. The molecule has 16 heavy (non-hydrogen) atoms. The van der Waals surface area contributed by atoms with E-state index in [0.29, 0.717) is 5.41 Å². The zero-order chi connectivity index (χ0) is 10.2. The van der Waals surface area contributed by atoms with Crippen LogP contribution in [0.25, 0.3) is 0 Å². The molecule has 1 aliphatic carbocycles. The number of hydrogen-bond donors (Lipinski definition) is 0. The molecule has 0 aliphatic heterocycles. The Bertz CT molecular complexity index is 291. The first kappa shape index (κ1) is 22.4. The van der Waals surface area contributed by atoms with Crippen molar-refractivity contribution in [1.29, 1.82) is 0 Å². The molecule has 0 saturated heterocycles. The van der Waals surface area contributed by atoms with E-state index in [4.69, 9.17) is 0 Å². The van der Waals surface area contributed by atoms with E-state index in [1.165, 1.54) is 12.8 Å². The molecular formula is C12H19Cl3Zr. The Morgan fingerprint density at radius 1 is 1.06 bits per heavy atom. The van der Waals surface area contributed by atoms with E-state index < -0.39 is 0 Å². The van der Waals surface area contributed by atoms with Gasteiger partial charge in [-0.2, -0.15) is 0 Å². The van der Waals surface area contributed by atoms with Crippen LogP contribution < -0.4 is 37.2 Å². The second kappa shape index (κ2) is 8.36. The summed E-state index contributed by atoms with van der Waals surface area (Å²) in [6, 6.07) is 0. The summed E-state index contributed by atoms with van der Waals surface area (Å²) in [7, 11) is 0. The van der Waals surface area contributed by atoms with Crippen molar-refractivity contribution >= 4 is 0 Å². The van der Waals surface area contributed by atoms with Gasteiger partial charge in [-0.3, -0.25) is 0 Å². The summed E-state index contributed by atoms with van der Waals surface area (Å²) in [5, 5.41) is 0. The summed E-state index contributed by atoms with van der Waals surface area (Å²) < 4.78 is 1.68. The first-order valence-electron chi connectivity index (χ1n) is 5.06. The second-order valence-corrected chi connectivity index (χ2v) is 5.71. The van der Waals surface area contributed by atoms with E-state index in [1.54, 1.807) is 44.7 Å². The predicted octanol–water partition coefficient (Wildman–Crippen LogP) is -5.02. The molecule has 0 aromatic heterocycles. The minimum absolute atomic E-state index is 0. The molecular weight excluding hydrogens is 342 g/mol. The summed E-state index contributed by atoms with van der Waals surface area (Å²) in [4.78, 5) is 0. The van der Waals surface area contributed by atoms with Gasteiger partial charge < -0.3 is 37.2 Å². The Morgan fingerprint density at radius 3 is 1.75 bits per heavy atom. The molecule has 0 radical (unpaired) electrons. The summed E-state index contributed by atoms with van der Waals surface area (Å²) >= 11 is 1.60. The number of allylic oxidation sites excluding steroid dienone is 4. The van der Waals surface area contributed by atoms with E-state index in [0.717, 1.165) is 0 Å². The first-order valence-corrected chi connectivity index (χ1v) is 6.29. The van der Waals surface area contributed by atoms with Crippen LogP contribution in [0.15, 0.2) is 20.0 Å². The molecule has 0 amide bonds. The Hall–Kier alpha value is 1.23. The molecule has 0 aromatic carbocycles. The van der Waals surface area contributed by atoms with Gasteiger partial charge in [-0.25, -0.2) is 0 Å². The number of rotatable bonds is 2. The van der Waals surface area contributed by atoms with Crippen molar-refractivity contribution in [2.45, 2.75) is 47.5 Å². The maximum absolute atomic E-state index is 2.36. The third kappa shape index (κ3) is 3.87. The quantitative estimate of drug-likeness (QED) is 0.463. The van der Waals surface area contributed by atoms with Crippen molar-refractivity contribution in [1.82, 2.24) is 0 Å². The Morgan fingerprint density at radius 2 is 1.50 bits per heavy atom. The van der Waals surface area contributed by atoms with Gasteiger partial charge in [0.15, 0.2) is 0 Å². The minimum atomic E-state index is 0. The van der Waals surface area contributed by atoms with Crippen molar-refractivity contribution < 1.29 is 61.9 Å². The van der Waals surface area contributed by atoms with E-state index in [2.05, 4.69) is 34.6 Å². The van der Waals surface area contributed by atoms with Crippen LogP contribution in [0.4, 0.5) is 0 Å². The standard InChI is InChI=1S/C12H19.3ClH.Zr/c1-6-7-11-8-12(4,5)10(3)9(11)2;;;;/h6-7H2,1-5H3;3*1H;/q;;;;+3/p-3. The monoisotopic (exact) mass is 358 g/mol. The van der Waals surface area contributed by atoms with Crippen LogP contribution in [-0.2, 0) is 24.7 Å². The third-order valence-electron chi connectivity index (χ3n) is 3.38. The molecule has 0 fully saturated rings. The van der Waals surface area contributed by atoms with Gasteiger partial charge in [0, 0.05) is 0 Å². The molecule has 92 valence electrons. The molecule has 0 heterocycles. The Labute approximate surface area is 134 Å². The van der Waals surface area contributed by atoms with Crippen LogP contribution in [-0.4, -0.2) is 0 Å². The van der Waals surface area contributed by atoms with E-state index in [9.17, 15) is 0 Å². The molecule has 0 spiro atoms. The average molecular weight is 361 g/mol. The predicted molar refractivity (Wildman–Crippen MR) is 54.1 cm³/mol. The van der Waals surface area contributed by atoms with Crippen molar-refractivity contribution in [2.75, 3.05) is 0 Å². The summed E-state index contributed by atoms with van der Waals surface area (Å²) in [6.07, 6.45) is 2.54. The van der Waals surface area contributed by atoms with Crippen LogP contribution in [0, 0.1) is 5.41 Å². The van der Waals surface area contributed by atoms with Crippen LogP contribution in [0.2, 0.25) is 0 Å². The van der Waals surface area contributed by atoms with Crippen LogP contribution in [0.5, 0.6) is 0 Å². The van der Waals surface area contributed by atoms with Gasteiger partial charge in [-0.1, -0.05) is 0 Å². The maximum atomic E-state index is 2.36. The molecule has 4 heteroatoms. The third-order valence-corrected chi connectivity index (χ3v) is 5.66. The van der Waals surface area contributed by atoms with Gasteiger partial charge in [-0.15, -0.1) is 0 Å². The normalized spacial score (nSPS) is 17.7. The SMILES string of the molecule is CCCC1=[C]([Zr+3])C(C)(C)C(C)=C1C.[Cl-].[Cl-].[Cl-]. The topological polar surface area (TPSA) is 0 Å². The maximum Gasteiger partial charge on any atom is -1.00 e. The zero-order valence-electron chi connectivity index (χ0n) is 10.5. The average Bonchev–Trinajstić information content (AvgIpc) is 2.21. The largest absolute Gasteiger partial charge is 1.00 e. The second-order valence-electron chi connectivity index (χ2n) is 4.48. The molecule has 1 aliphatic rings. The first-order chi connectivity index (χ1) is 5.92. The van der Waals surface area contributed by atoms with Crippen molar-refractivity contribution in [3.8, 4) is 0 Å². The van der Waals surface area contributed by atoms with Gasteiger partial charge >= 0.3 is 97.6 Å². The molecule has 0 atom stereocenters. The van der Waals surface area contributed by atoms with Crippen LogP contribution >= 0.6 is 0 Å². The molecule has 0 bridgehead atoms. The van der Waals surface area contributed by atoms with Gasteiger partial charge in [-0.05, 0) is 0 Å². The summed E-state index contributed by atoms with van der Waals surface area (Å²) in [5.74, 6) is 0. The van der Waals surface area contributed by atoms with E-state index in [-0.39, 0.29) is 37.2 Å². The van der Waals surface area contributed by atoms with Gasteiger partial charge in [0.2, 0.25) is 0 Å².